The SMILES string of the molecule is CC(C)NCc1ccc(Br)cc1Oc1ccccc1Cl. The largest absolute Gasteiger partial charge is 0.455 e. The van der Waals surface area contributed by atoms with Gasteiger partial charge in [0.1, 0.15) is 11.5 Å². The highest BCUT2D eigenvalue weighted by molar-refractivity contribution is 9.10. The Morgan fingerprint density at radius 1 is 1.15 bits per heavy atom. The van der Waals surface area contributed by atoms with E-state index in [4.69, 9.17) is 16.3 Å². The van der Waals surface area contributed by atoms with Gasteiger partial charge in [-0.15, -0.1) is 0 Å². The molecule has 0 atom stereocenters. The first kappa shape index (κ1) is 15.4. The number of benzene rings is 2. The Hall–Kier alpha value is -1.03. The topological polar surface area (TPSA) is 21.3 Å². The summed E-state index contributed by atoms with van der Waals surface area (Å²) in [5.41, 5.74) is 1.10. The maximum Gasteiger partial charge on any atom is 0.146 e. The number of hydrogen-bond donors (Lipinski definition) is 1. The summed E-state index contributed by atoms with van der Waals surface area (Å²) < 4.78 is 6.93. The van der Waals surface area contributed by atoms with Gasteiger partial charge in [0, 0.05) is 22.6 Å². The van der Waals surface area contributed by atoms with Gasteiger partial charge < -0.3 is 10.1 Å². The van der Waals surface area contributed by atoms with Gasteiger partial charge in [-0.1, -0.05) is 59.6 Å². The number of hydrogen-bond acceptors (Lipinski definition) is 2. The smallest absolute Gasteiger partial charge is 0.146 e. The fourth-order valence-electron chi connectivity index (χ4n) is 1.73. The third kappa shape index (κ3) is 4.23. The first-order chi connectivity index (χ1) is 9.56. The second-order valence-corrected chi connectivity index (χ2v) is 6.14. The summed E-state index contributed by atoms with van der Waals surface area (Å²) in [4.78, 5) is 0. The van der Waals surface area contributed by atoms with E-state index in [0.29, 0.717) is 16.8 Å². The van der Waals surface area contributed by atoms with E-state index in [-0.39, 0.29) is 0 Å². The Labute approximate surface area is 133 Å². The third-order valence-corrected chi connectivity index (χ3v) is 3.59. The van der Waals surface area contributed by atoms with Crippen LogP contribution in [-0.2, 0) is 6.54 Å². The third-order valence-electron chi connectivity index (χ3n) is 2.79. The van der Waals surface area contributed by atoms with E-state index in [9.17, 15) is 0 Å². The molecule has 106 valence electrons. The molecule has 20 heavy (non-hydrogen) atoms. The summed E-state index contributed by atoms with van der Waals surface area (Å²) in [6.07, 6.45) is 0. The molecule has 2 aromatic carbocycles. The molecule has 1 N–H and O–H groups in total. The lowest BCUT2D eigenvalue weighted by Gasteiger charge is -2.14. The lowest BCUT2D eigenvalue weighted by atomic mass is 10.2. The molecule has 0 spiro atoms. The quantitative estimate of drug-likeness (QED) is 0.777. The summed E-state index contributed by atoms with van der Waals surface area (Å²) in [5, 5.41) is 4.00. The van der Waals surface area contributed by atoms with Gasteiger partial charge in [0.15, 0.2) is 0 Å². The first-order valence-corrected chi connectivity index (χ1v) is 7.67. The highest BCUT2D eigenvalue weighted by Gasteiger charge is 2.08. The Kier molecular flexibility index (Phi) is 5.46. The van der Waals surface area contributed by atoms with Crippen molar-refractivity contribution in [3.05, 3.63) is 57.5 Å². The van der Waals surface area contributed by atoms with Crippen LogP contribution in [0.1, 0.15) is 19.4 Å². The van der Waals surface area contributed by atoms with E-state index >= 15 is 0 Å². The lowest BCUT2D eigenvalue weighted by molar-refractivity contribution is 0.469. The molecule has 2 aromatic rings. The average molecular weight is 355 g/mol. The molecule has 0 aliphatic carbocycles. The van der Waals surface area contributed by atoms with Gasteiger partial charge in [-0.3, -0.25) is 0 Å². The molecule has 0 amide bonds. The van der Waals surface area contributed by atoms with Gasteiger partial charge in [0.05, 0.1) is 5.02 Å². The van der Waals surface area contributed by atoms with Crippen LogP contribution in [0.3, 0.4) is 0 Å². The summed E-state index contributed by atoms with van der Waals surface area (Å²) in [6, 6.07) is 13.9. The molecule has 4 heteroatoms. The van der Waals surface area contributed by atoms with Crippen molar-refractivity contribution in [1.29, 1.82) is 0 Å². The standard InChI is InChI=1S/C16H17BrClNO/c1-11(2)19-10-12-7-8-13(17)9-16(12)20-15-6-4-3-5-14(15)18/h3-9,11,19H,10H2,1-2H3. The molecule has 0 bridgehead atoms. The summed E-state index contributed by atoms with van der Waals surface area (Å²) >= 11 is 9.62. The Balaban J connectivity index is 2.25. The summed E-state index contributed by atoms with van der Waals surface area (Å²) in [5.74, 6) is 1.47. The van der Waals surface area contributed by atoms with E-state index in [1.54, 1.807) is 0 Å². The lowest BCUT2D eigenvalue weighted by Crippen LogP contribution is -2.22. The molecule has 0 radical (unpaired) electrons. The molecule has 0 saturated carbocycles. The molecule has 0 heterocycles. The van der Waals surface area contributed by atoms with Crippen LogP contribution in [0.5, 0.6) is 11.5 Å². The zero-order valence-electron chi connectivity index (χ0n) is 11.5. The normalized spacial score (nSPS) is 10.8. The van der Waals surface area contributed by atoms with Gasteiger partial charge in [-0.05, 0) is 24.3 Å². The molecule has 0 aromatic heterocycles. The second kappa shape index (κ2) is 7.11. The van der Waals surface area contributed by atoms with Gasteiger partial charge in [-0.25, -0.2) is 0 Å². The molecular formula is C16H17BrClNO. The van der Waals surface area contributed by atoms with Crippen molar-refractivity contribution < 1.29 is 4.74 Å². The molecule has 0 saturated heterocycles. The van der Waals surface area contributed by atoms with Crippen LogP contribution in [0.25, 0.3) is 0 Å². The van der Waals surface area contributed by atoms with E-state index in [1.165, 1.54) is 0 Å². The highest BCUT2D eigenvalue weighted by Crippen LogP contribution is 2.32. The minimum Gasteiger partial charge on any atom is -0.455 e. The van der Waals surface area contributed by atoms with Crippen LogP contribution in [0.15, 0.2) is 46.9 Å². The van der Waals surface area contributed by atoms with Crippen molar-refractivity contribution in [2.24, 2.45) is 0 Å². The maximum atomic E-state index is 6.14. The Bertz CT molecular complexity index is 586. The monoisotopic (exact) mass is 353 g/mol. The zero-order valence-corrected chi connectivity index (χ0v) is 13.8. The van der Waals surface area contributed by atoms with Crippen molar-refractivity contribution in [2.45, 2.75) is 26.4 Å². The minimum atomic E-state index is 0.423. The van der Waals surface area contributed by atoms with Gasteiger partial charge in [0.25, 0.3) is 0 Å². The van der Waals surface area contributed by atoms with Crippen molar-refractivity contribution in [1.82, 2.24) is 5.32 Å². The molecule has 2 nitrogen and oxygen atoms in total. The number of halogens is 2. The first-order valence-electron chi connectivity index (χ1n) is 6.50. The van der Waals surface area contributed by atoms with Crippen LogP contribution >= 0.6 is 27.5 Å². The molecule has 2 rings (SSSR count). The Morgan fingerprint density at radius 3 is 2.60 bits per heavy atom. The van der Waals surface area contributed by atoms with Gasteiger partial charge in [0.2, 0.25) is 0 Å². The average Bonchev–Trinajstić information content (AvgIpc) is 2.40. The van der Waals surface area contributed by atoms with Crippen LogP contribution in [0, 0.1) is 0 Å². The predicted molar refractivity (Wildman–Crippen MR) is 87.6 cm³/mol. The fraction of sp³-hybridized carbons (Fsp3) is 0.250. The molecular weight excluding hydrogens is 338 g/mol. The molecule has 0 aliphatic heterocycles. The highest BCUT2D eigenvalue weighted by atomic mass is 79.9. The predicted octanol–water partition coefficient (Wildman–Crippen LogP) is 5.39. The van der Waals surface area contributed by atoms with Crippen LogP contribution in [0.2, 0.25) is 5.02 Å². The van der Waals surface area contributed by atoms with E-state index in [2.05, 4.69) is 35.1 Å². The van der Waals surface area contributed by atoms with Crippen LogP contribution in [-0.4, -0.2) is 6.04 Å². The number of rotatable bonds is 5. The van der Waals surface area contributed by atoms with E-state index in [1.807, 2.05) is 42.5 Å². The van der Waals surface area contributed by atoms with Crippen molar-refractivity contribution in [3.63, 3.8) is 0 Å². The minimum absolute atomic E-state index is 0.423. The number of para-hydroxylation sites is 1. The van der Waals surface area contributed by atoms with E-state index < -0.39 is 0 Å². The summed E-state index contributed by atoms with van der Waals surface area (Å²) in [7, 11) is 0. The number of nitrogens with one attached hydrogen (secondary N) is 1. The van der Waals surface area contributed by atoms with E-state index in [0.717, 1.165) is 22.3 Å². The number of ether oxygens (including phenoxy) is 1. The van der Waals surface area contributed by atoms with Gasteiger partial charge in [-0.2, -0.15) is 0 Å². The van der Waals surface area contributed by atoms with Crippen molar-refractivity contribution >= 4 is 27.5 Å². The van der Waals surface area contributed by atoms with Gasteiger partial charge >= 0.3 is 0 Å². The van der Waals surface area contributed by atoms with Crippen LogP contribution < -0.4 is 10.1 Å². The van der Waals surface area contributed by atoms with Crippen molar-refractivity contribution in [2.75, 3.05) is 0 Å². The second-order valence-electron chi connectivity index (χ2n) is 4.82. The molecule has 0 fully saturated rings. The Morgan fingerprint density at radius 2 is 1.90 bits per heavy atom. The summed E-state index contributed by atoms with van der Waals surface area (Å²) in [6.45, 7) is 4.99. The molecule has 0 aliphatic rings. The molecule has 0 unspecified atom stereocenters. The zero-order chi connectivity index (χ0) is 14.5. The maximum absolute atomic E-state index is 6.14. The van der Waals surface area contributed by atoms with Crippen LogP contribution in [0.4, 0.5) is 0 Å². The fourth-order valence-corrected chi connectivity index (χ4v) is 2.24. The van der Waals surface area contributed by atoms with Crippen molar-refractivity contribution in [3.8, 4) is 11.5 Å².